The van der Waals surface area contributed by atoms with Crippen LogP contribution in [0.25, 0.3) is 0 Å². The molecule has 0 aliphatic rings. The molecule has 3 rings (SSSR count). The van der Waals surface area contributed by atoms with Gasteiger partial charge >= 0.3 is 0 Å². The van der Waals surface area contributed by atoms with Crippen molar-refractivity contribution in [2.75, 3.05) is 4.72 Å². The van der Waals surface area contributed by atoms with Crippen LogP contribution >= 0.6 is 0 Å². The van der Waals surface area contributed by atoms with E-state index >= 15 is 0 Å². The first kappa shape index (κ1) is 19.6. The SMILES string of the molecule is Cc1ccc(NS(=O)(=O)c2ccc(C(=O)NCc3ncccc3C)cc2)cc1. The van der Waals surface area contributed by atoms with Gasteiger partial charge in [0.05, 0.1) is 17.1 Å². The molecule has 7 heteroatoms. The summed E-state index contributed by atoms with van der Waals surface area (Å²) in [6.07, 6.45) is 1.68. The summed E-state index contributed by atoms with van der Waals surface area (Å²) in [5.74, 6) is -0.291. The van der Waals surface area contributed by atoms with Gasteiger partial charge in [-0.2, -0.15) is 0 Å². The van der Waals surface area contributed by atoms with Crippen LogP contribution in [0.5, 0.6) is 0 Å². The summed E-state index contributed by atoms with van der Waals surface area (Å²) in [6.45, 7) is 4.16. The van der Waals surface area contributed by atoms with Gasteiger partial charge in [-0.1, -0.05) is 23.8 Å². The minimum Gasteiger partial charge on any atom is -0.346 e. The van der Waals surface area contributed by atoms with Gasteiger partial charge in [-0.15, -0.1) is 0 Å². The zero-order valence-corrected chi connectivity index (χ0v) is 16.5. The second kappa shape index (κ2) is 8.22. The lowest BCUT2D eigenvalue weighted by atomic mass is 10.2. The van der Waals surface area contributed by atoms with E-state index in [1.54, 1.807) is 18.3 Å². The lowest BCUT2D eigenvalue weighted by Crippen LogP contribution is -2.24. The van der Waals surface area contributed by atoms with Gasteiger partial charge in [0.2, 0.25) is 0 Å². The smallest absolute Gasteiger partial charge is 0.261 e. The molecule has 1 heterocycles. The number of aromatic nitrogens is 1. The Balaban J connectivity index is 1.67. The molecule has 0 fully saturated rings. The number of anilines is 1. The Morgan fingerprint density at radius 2 is 1.64 bits per heavy atom. The van der Waals surface area contributed by atoms with Crippen molar-refractivity contribution >= 4 is 21.6 Å². The number of rotatable bonds is 6. The third-order valence-corrected chi connectivity index (χ3v) is 5.66. The molecule has 0 aliphatic carbocycles. The number of aryl methyl sites for hydroxylation is 2. The summed E-state index contributed by atoms with van der Waals surface area (Å²) in [7, 11) is -3.72. The summed E-state index contributed by atoms with van der Waals surface area (Å²) in [6, 6.07) is 16.6. The van der Waals surface area contributed by atoms with Gasteiger partial charge in [0.1, 0.15) is 0 Å². The van der Waals surface area contributed by atoms with Crippen molar-refractivity contribution in [2.45, 2.75) is 25.3 Å². The van der Waals surface area contributed by atoms with Crippen molar-refractivity contribution in [3.8, 4) is 0 Å². The van der Waals surface area contributed by atoms with E-state index in [1.807, 2.05) is 38.1 Å². The normalized spacial score (nSPS) is 11.1. The molecule has 1 amide bonds. The molecule has 0 aliphatic heterocycles. The Bertz CT molecular complexity index is 1080. The van der Waals surface area contributed by atoms with E-state index < -0.39 is 10.0 Å². The predicted octanol–water partition coefficient (Wildman–Crippen LogP) is 3.43. The minimum absolute atomic E-state index is 0.0881. The second-order valence-electron chi connectivity index (χ2n) is 6.45. The first-order valence-electron chi connectivity index (χ1n) is 8.73. The number of hydrogen-bond donors (Lipinski definition) is 2. The van der Waals surface area contributed by atoms with E-state index in [0.717, 1.165) is 16.8 Å². The number of carbonyl (C=O) groups excluding carboxylic acids is 1. The summed E-state index contributed by atoms with van der Waals surface area (Å²) in [5, 5.41) is 2.79. The molecular formula is C21H21N3O3S. The topological polar surface area (TPSA) is 88.2 Å². The molecular weight excluding hydrogens is 374 g/mol. The summed E-state index contributed by atoms with van der Waals surface area (Å²) in [5.41, 5.74) is 3.68. The number of carbonyl (C=O) groups is 1. The average molecular weight is 395 g/mol. The van der Waals surface area contributed by atoms with Gasteiger partial charge in [-0.3, -0.25) is 14.5 Å². The average Bonchev–Trinajstić information content (AvgIpc) is 2.69. The van der Waals surface area contributed by atoms with Gasteiger partial charge in [-0.25, -0.2) is 8.42 Å². The van der Waals surface area contributed by atoms with Crippen molar-refractivity contribution in [3.63, 3.8) is 0 Å². The molecule has 2 aromatic carbocycles. The van der Waals surface area contributed by atoms with Gasteiger partial charge < -0.3 is 5.32 Å². The molecule has 0 unspecified atom stereocenters. The van der Waals surface area contributed by atoms with Crippen molar-refractivity contribution in [1.29, 1.82) is 0 Å². The van der Waals surface area contributed by atoms with E-state index in [1.165, 1.54) is 24.3 Å². The number of hydrogen-bond acceptors (Lipinski definition) is 4. The molecule has 0 saturated carbocycles. The first-order valence-corrected chi connectivity index (χ1v) is 10.2. The van der Waals surface area contributed by atoms with Gasteiger partial charge in [-0.05, 0) is 61.9 Å². The zero-order chi connectivity index (χ0) is 20.1. The van der Waals surface area contributed by atoms with Crippen LogP contribution in [-0.2, 0) is 16.6 Å². The van der Waals surface area contributed by atoms with Crippen molar-refractivity contribution in [2.24, 2.45) is 0 Å². The van der Waals surface area contributed by atoms with Gasteiger partial charge in [0, 0.05) is 17.4 Å². The Kier molecular flexibility index (Phi) is 5.75. The third kappa shape index (κ3) is 4.75. The number of nitrogens with one attached hydrogen (secondary N) is 2. The van der Waals surface area contributed by atoms with Crippen molar-refractivity contribution in [3.05, 3.63) is 89.2 Å². The molecule has 0 atom stereocenters. The summed E-state index contributed by atoms with van der Waals surface area (Å²) >= 11 is 0. The quantitative estimate of drug-likeness (QED) is 0.669. The third-order valence-electron chi connectivity index (χ3n) is 4.26. The molecule has 2 N–H and O–H groups in total. The van der Waals surface area contributed by atoms with Crippen LogP contribution in [0.3, 0.4) is 0 Å². The van der Waals surface area contributed by atoms with E-state index in [9.17, 15) is 13.2 Å². The fraction of sp³-hybridized carbons (Fsp3) is 0.143. The van der Waals surface area contributed by atoms with Crippen LogP contribution in [0.15, 0.2) is 71.8 Å². The fourth-order valence-corrected chi connectivity index (χ4v) is 3.65. The first-order chi connectivity index (χ1) is 13.3. The predicted molar refractivity (Wildman–Crippen MR) is 109 cm³/mol. The van der Waals surface area contributed by atoms with Crippen molar-refractivity contribution in [1.82, 2.24) is 10.3 Å². The largest absolute Gasteiger partial charge is 0.346 e. The van der Waals surface area contributed by atoms with Crippen LogP contribution < -0.4 is 10.0 Å². The monoisotopic (exact) mass is 395 g/mol. The van der Waals surface area contributed by atoms with E-state index in [0.29, 0.717) is 17.8 Å². The summed E-state index contributed by atoms with van der Waals surface area (Å²) in [4.78, 5) is 16.6. The maximum atomic E-state index is 12.5. The van der Waals surface area contributed by atoms with Gasteiger partial charge in [0.25, 0.3) is 15.9 Å². The molecule has 144 valence electrons. The maximum Gasteiger partial charge on any atom is 0.261 e. The van der Waals surface area contributed by atoms with Crippen LogP contribution in [-0.4, -0.2) is 19.3 Å². The van der Waals surface area contributed by atoms with E-state index in [2.05, 4.69) is 15.0 Å². The van der Waals surface area contributed by atoms with Crippen LogP contribution in [0.4, 0.5) is 5.69 Å². The second-order valence-corrected chi connectivity index (χ2v) is 8.13. The lowest BCUT2D eigenvalue weighted by Gasteiger charge is -2.10. The standard InChI is InChI=1S/C21H21N3O3S/c1-15-5-9-18(10-6-15)24-28(26,27)19-11-7-17(8-12-19)21(25)23-14-20-16(2)4-3-13-22-20/h3-13,24H,14H2,1-2H3,(H,23,25). The molecule has 0 spiro atoms. The highest BCUT2D eigenvalue weighted by atomic mass is 32.2. The van der Waals surface area contributed by atoms with Crippen molar-refractivity contribution < 1.29 is 13.2 Å². The molecule has 0 bridgehead atoms. The highest BCUT2D eigenvalue weighted by molar-refractivity contribution is 7.92. The Morgan fingerprint density at radius 1 is 0.964 bits per heavy atom. The molecule has 0 radical (unpaired) electrons. The number of benzene rings is 2. The molecule has 28 heavy (non-hydrogen) atoms. The maximum absolute atomic E-state index is 12.5. The molecule has 6 nitrogen and oxygen atoms in total. The molecule has 0 saturated heterocycles. The summed E-state index contributed by atoms with van der Waals surface area (Å²) < 4.78 is 27.5. The minimum atomic E-state index is -3.72. The highest BCUT2D eigenvalue weighted by Crippen LogP contribution is 2.17. The number of sulfonamides is 1. The van der Waals surface area contributed by atoms with Gasteiger partial charge in [0.15, 0.2) is 0 Å². The van der Waals surface area contributed by atoms with Crippen LogP contribution in [0, 0.1) is 13.8 Å². The van der Waals surface area contributed by atoms with E-state index in [-0.39, 0.29) is 10.8 Å². The van der Waals surface area contributed by atoms with E-state index in [4.69, 9.17) is 0 Å². The Morgan fingerprint density at radius 3 is 2.29 bits per heavy atom. The zero-order valence-electron chi connectivity index (χ0n) is 15.6. The van der Waals surface area contributed by atoms with Crippen LogP contribution in [0.2, 0.25) is 0 Å². The highest BCUT2D eigenvalue weighted by Gasteiger charge is 2.15. The van der Waals surface area contributed by atoms with Crippen LogP contribution in [0.1, 0.15) is 27.2 Å². The number of amides is 1. The lowest BCUT2D eigenvalue weighted by molar-refractivity contribution is 0.0950. The Labute approximate surface area is 164 Å². The molecule has 3 aromatic rings. The molecule has 1 aromatic heterocycles. The fourth-order valence-electron chi connectivity index (χ4n) is 2.59. The number of nitrogens with zero attached hydrogens (tertiary/aromatic N) is 1. The number of pyridine rings is 1. The Hall–Kier alpha value is -3.19.